The van der Waals surface area contributed by atoms with Crippen molar-refractivity contribution >= 4 is 0 Å². The van der Waals surface area contributed by atoms with Crippen molar-refractivity contribution < 1.29 is 8.78 Å². The van der Waals surface area contributed by atoms with E-state index < -0.39 is 11.6 Å². The summed E-state index contributed by atoms with van der Waals surface area (Å²) in [6, 6.07) is 5.60. The average molecular weight is 279 g/mol. The molecule has 0 aliphatic carbocycles. The third kappa shape index (κ3) is 4.13. The van der Waals surface area contributed by atoms with E-state index in [1.165, 1.54) is 12.1 Å². The molecule has 2 aromatic rings. The van der Waals surface area contributed by atoms with Gasteiger partial charge in [-0.05, 0) is 43.1 Å². The second kappa shape index (κ2) is 7.14. The van der Waals surface area contributed by atoms with Crippen molar-refractivity contribution in [1.82, 2.24) is 15.1 Å². The van der Waals surface area contributed by atoms with Gasteiger partial charge in [0.1, 0.15) is 11.6 Å². The Morgan fingerprint density at radius 2 is 1.95 bits per heavy atom. The molecule has 1 aromatic carbocycles. The number of nitrogens with one attached hydrogen (secondary N) is 1. The predicted octanol–water partition coefficient (Wildman–Crippen LogP) is 2.90. The number of hydrogen-bond donors (Lipinski definition) is 1. The van der Waals surface area contributed by atoms with Crippen molar-refractivity contribution in [2.75, 3.05) is 6.54 Å². The Hall–Kier alpha value is -1.75. The highest BCUT2D eigenvalue weighted by molar-refractivity contribution is 5.18. The lowest BCUT2D eigenvalue weighted by molar-refractivity contribution is 0.548. The Labute approximate surface area is 117 Å². The second-order valence-electron chi connectivity index (χ2n) is 4.75. The lowest BCUT2D eigenvalue weighted by Crippen LogP contribution is -2.19. The number of halogens is 2. The Bertz CT molecular complexity index is 532. The average Bonchev–Trinajstić information content (AvgIpc) is 2.82. The Morgan fingerprint density at radius 1 is 1.20 bits per heavy atom. The fourth-order valence-electron chi connectivity index (χ4n) is 2.13. The number of hydrogen-bond acceptors (Lipinski definition) is 2. The van der Waals surface area contributed by atoms with E-state index in [0.29, 0.717) is 25.1 Å². The first kappa shape index (κ1) is 14.7. The molecule has 20 heavy (non-hydrogen) atoms. The Morgan fingerprint density at radius 3 is 2.65 bits per heavy atom. The molecule has 1 heterocycles. The summed E-state index contributed by atoms with van der Waals surface area (Å²) in [4.78, 5) is 0. The molecule has 0 unspecified atom stereocenters. The maximum atomic E-state index is 13.0. The molecule has 0 radical (unpaired) electrons. The molecular weight excluding hydrogens is 260 g/mol. The highest BCUT2D eigenvalue weighted by atomic mass is 19.1. The molecule has 0 aliphatic heterocycles. The minimum Gasteiger partial charge on any atom is -0.311 e. The van der Waals surface area contributed by atoms with E-state index in [-0.39, 0.29) is 0 Å². The van der Waals surface area contributed by atoms with Crippen LogP contribution >= 0.6 is 0 Å². The third-order valence-electron chi connectivity index (χ3n) is 3.06. The van der Waals surface area contributed by atoms with Crippen LogP contribution in [-0.2, 0) is 19.5 Å². The van der Waals surface area contributed by atoms with E-state index in [0.717, 1.165) is 24.7 Å². The number of rotatable bonds is 7. The monoisotopic (exact) mass is 279 g/mol. The number of nitrogens with zero attached hydrogens (tertiary/aromatic N) is 2. The van der Waals surface area contributed by atoms with Crippen molar-refractivity contribution in [2.45, 2.75) is 32.9 Å². The van der Waals surface area contributed by atoms with Crippen LogP contribution in [0.15, 0.2) is 30.5 Å². The molecule has 0 aliphatic rings. The van der Waals surface area contributed by atoms with Gasteiger partial charge in [0.15, 0.2) is 0 Å². The largest absolute Gasteiger partial charge is 0.311 e. The van der Waals surface area contributed by atoms with Gasteiger partial charge in [0.25, 0.3) is 0 Å². The molecule has 0 atom stereocenters. The fourth-order valence-corrected chi connectivity index (χ4v) is 2.13. The van der Waals surface area contributed by atoms with Crippen LogP contribution in [0.3, 0.4) is 0 Å². The quantitative estimate of drug-likeness (QED) is 0.790. The Balaban J connectivity index is 1.80. The molecular formula is C15H19F2N3. The van der Waals surface area contributed by atoms with Crippen molar-refractivity contribution in [3.05, 3.63) is 53.4 Å². The summed E-state index contributed by atoms with van der Waals surface area (Å²) in [6.07, 6.45) is 3.42. The zero-order chi connectivity index (χ0) is 14.4. The van der Waals surface area contributed by atoms with Gasteiger partial charge >= 0.3 is 0 Å². The van der Waals surface area contributed by atoms with E-state index in [1.54, 1.807) is 6.20 Å². The molecule has 5 heteroatoms. The molecule has 2 rings (SSSR count). The van der Waals surface area contributed by atoms with Crippen molar-refractivity contribution in [3.8, 4) is 0 Å². The molecule has 0 saturated carbocycles. The van der Waals surface area contributed by atoms with Crippen LogP contribution in [0.4, 0.5) is 8.78 Å². The molecule has 0 saturated heterocycles. The number of aromatic nitrogens is 2. The molecule has 0 amide bonds. The van der Waals surface area contributed by atoms with Gasteiger partial charge in [-0.25, -0.2) is 8.78 Å². The third-order valence-corrected chi connectivity index (χ3v) is 3.06. The zero-order valence-corrected chi connectivity index (χ0v) is 11.6. The van der Waals surface area contributed by atoms with Crippen LogP contribution in [0.1, 0.15) is 24.6 Å². The van der Waals surface area contributed by atoms with Gasteiger partial charge in [-0.1, -0.05) is 6.92 Å². The predicted molar refractivity (Wildman–Crippen MR) is 74.3 cm³/mol. The molecule has 3 nitrogen and oxygen atoms in total. The first-order chi connectivity index (χ1) is 9.69. The van der Waals surface area contributed by atoms with Crippen LogP contribution in [-0.4, -0.2) is 16.3 Å². The minimum atomic E-state index is -0.527. The molecule has 108 valence electrons. The van der Waals surface area contributed by atoms with Gasteiger partial charge < -0.3 is 5.32 Å². The molecule has 1 aromatic heterocycles. The Kier molecular flexibility index (Phi) is 5.24. The fraction of sp³-hybridized carbons (Fsp3) is 0.400. The number of benzene rings is 1. The topological polar surface area (TPSA) is 29.9 Å². The maximum absolute atomic E-state index is 13.0. The van der Waals surface area contributed by atoms with Crippen LogP contribution in [0.5, 0.6) is 0 Å². The van der Waals surface area contributed by atoms with E-state index in [1.807, 2.05) is 10.7 Å². The van der Waals surface area contributed by atoms with Gasteiger partial charge in [-0.3, -0.25) is 4.68 Å². The minimum absolute atomic E-state index is 0.527. The van der Waals surface area contributed by atoms with Crippen molar-refractivity contribution in [3.63, 3.8) is 0 Å². The van der Waals surface area contributed by atoms with Gasteiger partial charge in [0.05, 0.1) is 5.69 Å². The van der Waals surface area contributed by atoms with E-state index in [9.17, 15) is 8.78 Å². The summed E-state index contributed by atoms with van der Waals surface area (Å²) in [6.45, 7) is 4.38. The van der Waals surface area contributed by atoms with E-state index >= 15 is 0 Å². The van der Waals surface area contributed by atoms with Crippen LogP contribution < -0.4 is 5.32 Å². The smallest absolute Gasteiger partial charge is 0.126 e. The summed E-state index contributed by atoms with van der Waals surface area (Å²) in [5, 5.41) is 7.51. The SMILES string of the molecule is CCCn1nccc1CNCCc1cc(F)cc(F)c1. The summed E-state index contributed by atoms with van der Waals surface area (Å²) < 4.78 is 28.0. The van der Waals surface area contributed by atoms with Gasteiger partial charge in [-0.15, -0.1) is 0 Å². The first-order valence-corrected chi connectivity index (χ1v) is 6.85. The summed E-state index contributed by atoms with van der Waals surface area (Å²) in [7, 11) is 0. The van der Waals surface area contributed by atoms with Crippen molar-refractivity contribution in [1.29, 1.82) is 0 Å². The van der Waals surface area contributed by atoms with E-state index in [4.69, 9.17) is 0 Å². The molecule has 1 N–H and O–H groups in total. The molecule has 0 bridgehead atoms. The summed E-state index contributed by atoms with van der Waals surface area (Å²) in [5.41, 5.74) is 1.79. The van der Waals surface area contributed by atoms with Crippen molar-refractivity contribution in [2.24, 2.45) is 0 Å². The van der Waals surface area contributed by atoms with Crippen LogP contribution in [0.2, 0.25) is 0 Å². The second-order valence-corrected chi connectivity index (χ2v) is 4.75. The van der Waals surface area contributed by atoms with Crippen LogP contribution in [0, 0.1) is 11.6 Å². The van der Waals surface area contributed by atoms with E-state index in [2.05, 4.69) is 17.3 Å². The first-order valence-electron chi connectivity index (χ1n) is 6.85. The lowest BCUT2D eigenvalue weighted by Gasteiger charge is -2.08. The highest BCUT2D eigenvalue weighted by Gasteiger charge is 2.02. The van der Waals surface area contributed by atoms with Gasteiger partial charge in [-0.2, -0.15) is 5.10 Å². The normalized spacial score (nSPS) is 10.9. The maximum Gasteiger partial charge on any atom is 0.126 e. The summed E-state index contributed by atoms with van der Waals surface area (Å²) in [5.74, 6) is -1.05. The summed E-state index contributed by atoms with van der Waals surface area (Å²) >= 11 is 0. The molecule has 0 fully saturated rings. The van der Waals surface area contributed by atoms with Gasteiger partial charge in [0, 0.05) is 25.4 Å². The van der Waals surface area contributed by atoms with Crippen LogP contribution in [0.25, 0.3) is 0 Å². The molecule has 0 spiro atoms. The number of aryl methyl sites for hydroxylation is 1. The zero-order valence-electron chi connectivity index (χ0n) is 11.6. The standard InChI is InChI=1S/C15H19F2N3/c1-2-7-20-15(4-6-19-20)11-18-5-3-12-8-13(16)10-14(17)9-12/h4,6,8-10,18H,2-3,5,7,11H2,1H3. The highest BCUT2D eigenvalue weighted by Crippen LogP contribution is 2.08. The van der Waals surface area contributed by atoms with Gasteiger partial charge in [0.2, 0.25) is 0 Å². The lowest BCUT2D eigenvalue weighted by atomic mass is 10.1.